The van der Waals surface area contributed by atoms with E-state index in [4.69, 9.17) is 4.74 Å². The van der Waals surface area contributed by atoms with Gasteiger partial charge in [0, 0.05) is 44.8 Å². The molecule has 1 aromatic carbocycles. The minimum Gasteiger partial charge on any atom is -0.496 e. The van der Waals surface area contributed by atoms with Crippen molar-refractivity contribution < 1.29 is 9.13 Å². The van der Waals surface area contributed by atoms with E-state index in [9.17, 15) is 4.39 Å². The van der Waals surface area contributed by atoms with Crippen molar-refractivity contribution in [2.75, 3.05) is 39.8 Å². The average molecular weight is 265 g/mol. The molecule has 1 aliphatic rings. The summed E-state index contributed by atoms with van der Waals surface area (Å²) in [5.41, 5.74) is 0.929. The zero-order valence-corrected chi connectivity index (χ0v) is 11.7. The van der Waals surface area contributed by atoms with Crippen LogP contribution < -0.4 is 4.74 Å². The van der Waals surface area contributed by atoms with Crippen LogP contribution in [-0.2, 0) is 6.54 Å². The number of hydrogen-bond acceptors (Lipinski definition) is 3. The number of hydrogen-bond donors (Lipinski definition) is 0. The van der Waals surface area contributed by atoms with Crippen molar-refractivity contribution in [2.45, 2.75) is 13.5 Å². The molecule has 1 heterocycles. The van der Waals surface area contributed by atoms with E-state index in [-0.39, 0.29) is 5.82 Å². The molecular weight excluding hydrogens is 243 g/mol. The Hall–Kier alpha value is -1.13. The molecule has 0 N–H and O–H groups in total. The van der Waals surface area contributed by atoms with E-state index in [1.165, 1.54) is 6.07 Å². The van der Waals surface area contributed by atoms with E-state index in [1.807, 2.05) is 0 Å². The summed E-state index contributed by atoms with van der Waals surface area (Å²) in [5.74, 6) is 0.570. The Labute approximate surface area is 115 Å². The van der Waals surface area contributed by atoms with Crippen molar-refractivity contribution in [3.8, 4) is 5.75 Å². The molecule has 0 amide bonds. The minimum absolute atomic E-state index is 0.199. The molecule has 105 valence electrons. The largest absolute Gasteiger partial charge is 0.496 e. The van der Waals surface area contributed by atoms with Crippen LogP contribution in [0.1, 0.15) is 12.5 Å². The van der Waals surface area contributed by atoms with E-state index in [0.29, 0.717) is 0 Å². The lowest BCUT2D eigenvalue weighted by atomic mass is 10.1. The zero-order chi connectivity index (χ0) is 13.7. The summed E-state index contributed by atoms with van der Waals surface area (Å²) in [7, 11) is 1.63. The standard InChI is InChI=1S/C15H22FN2O/c1-3-6-17-7-9-18(10-8-17)12-13-11-14(16)4-5-15(13)19-2/h3-5,11H,6-10,12H2,1-2H3. The first kappa shape index (κ1) is 14.3. The van der Waals surface area contributed by atoms with Crippen LogP contribution in [0.5, 0.6) is 5.75 Å². The second kappa shape index (κ2) is 6.87. The molecule has 19 heavy (non-hydrogen) atoms. The Morgan fingerprint density at radius 3 is 2.53 bits per heavy atom. The molecule has 0 unspecified atom stereocenters. The number of nitrogens with zero attached hydrogens (tertiary/aromatic N) is 2. The molecule has 4 heteroatoms. The van der Waals surface area contributed by atoms with Crippen molar-refractivity contribution in [3.05, 3.63) is 36.0 Å². The Balaban J connectivity index is 1.93. The first-order valence-electron chi connectivity index (χ1n) is 6.78. The lowest BCUT2D eigenvalue weighted by Gasteiger charge is -2.34. The third kappa shape index (κ3) is 3.91. The molecule has 0 atom stereocenters. The third-order valence-electron chi connectivity index (χ3n) is 3.54. The Kier molecular flexibility index (Phi) is 5.16. The molecule has 0 aromatic heterocycles. The van der Waals surface area contributed by atoms with E-state index in [1.54, 1.807) is 19.2 Å². The number of benzene rings is 1. The predicted octanol–water partition coefficient (Wildman–Crippen LogP) is 2.18. The highest BCUT2D eigenvalue weighted by Gasteiger charge is 2.17. The maximum atomic E-state index is 13.3. The number of ether oxygens (including phenoxy) is 1. The van der Waals surface area contributed by atoms with Gasteiger partial charge in [0.2, 0.25) is 0 Å². The fraction of sp³-hybridized carbons (Fsp3) is 0.533. The van der Waals surface area contributed by atoms with Gasteiger partial charge in [-0.05, 0) is 24.6 Å². The number of halogens is 1. The number of piperazine rings is 1. The van der Waals surface area contributed by atoms with Gasteiger partial charge in [-0.1, -0.05) is 6.92 Å². The van der Waals surface area contributed by atoms with E-state index in [2.05, 4.69) is 23.1 Å². The normalized spacial score (nSPS) is 17.6. The van der Waals surface area contributed by atoms with Crippen LogP contribution in [0.3, 0.4) is 0 Å². The van der Waals surface area contributed by atoms with Crippen LogP contribution in [-0.4, -0.2) is 49.6 Å². The summed E-state index contributed by atoms with van der Waals surface area (Å²) in [6.07, 6.45) is 2.19. The maximum Gasteiger partial charge on any atom is 0.123 e. The predicted molar refractivity (Wildman–Crippen MR) is 74.6 cm³/mol. The topological polar surface area (TPSA) is 15.7 Å². The lowest BCUT2D eigenvalue weighted by Crippen LogP contribution is -2.46. The molecule has 1 saturated heterocycles. The SMILES string of the molecule is C[CH]CN1CCN(Cc2cc(F)ccc2OC)CC1. The molecule has 1 radical (unpaired) electrons. The first-order valence-corrected chi connectivity index (χ1v) is 6.78. The molecular formula is C15H22FN2O. The Morgan fingerprint density at radius 1 is 1.21 bits per heavy atom. The molecule has 3 nitrogen and oxygen atoms in total. The molecule has 0 aliphatic carbocycles. The second-order valence-corrected chi connectivity index (χ2v) is 4.94. The maximum absolute atomic E-state index is 13.3. The zero-order valence-electron chi connectivity index (χ0n) is 11.7. The molecule has 1 fully saturated rings. The smallest absolute Gasteiger partial charge is 0.123 e. The summed E-state index contributed by atoms with van der Waals surface area (Å²) < 4.78 is 18.6. The van der Waals surface area contributed by atoms with Crippen molar-refractivity contribution >= 4 is 0 Å². The summed E-state index contributed by atoms with van der Waals surface area (Å²) in [6.45, 7) is 8.08. The molecule has 0 spiro atoms. The van der Waals surface area contributed by atoms with Crippen LogP contribution in [0.4, 0.5) is 4.39 Å². The van der Waals surface area contributed by atoms with Crippen LogP contribution in [0.15, 0.2) is 18.2 Å². The van der Waals surface area contributed by atoms with Gasteiger partial charge in [0.15, 0.2) is 0 Å². The third-order valence-corrected chi connectivity index (χ3v) is 3.54. The summed E-state index contributed by atoms with van der Waals surface area (Å²) in [5, 5.41) is 0. The lowest BCUT2D eigenvalue weighted by molar-refractivity contribution is 0.133. The summed E-state index contributed by atoms with van der Waals surface area (Å²) >= 11 is 0. The molecule has 0 saturated carbocycles. The molecule has 0 bridgehead atoms. The van der Waals surface area contributed by atoms with Gasteiger partial charge in [0.1, 0.15) is 11.6 Å². The van der Waals surface area contributed by atoms with Gasteiger partial charge in [0.05, 0.1) is 7.11 Å². The van der Waals surface area contributed by atoms with Crippen molar-refractivity contribution in [1.29, 1.82) is 0 Å². The second-order valence-electron chi connectivity index (χ2n) is 4.94. The first-order chi connectivity index (χ1) is 9.22. The highest BCUT2D eigenvalue weighted by atomic mass is 19.1. The van der Waals surface area contributed by atoms with Crippen molar-refractivity contribution in [2.24, 2.45) is 0 Å². The Morgan fingerprint density at radius 2 is 1.89 bits per heavy atom. The minimum atomic E-state index is -0.199. The van der Waals surface area contributed by atoms with Crippen LogP contribution in [0.2, 0.25) is 0 Å². The molecule has 1 aromatic rings. The van der Waals surface area contributed by atoms with Crippen LogP contribution in [0.25, 0.3) is 0 Å². The highest BCUT2D eigenvalue weighted by Crippen LogP contribution is 2.21. The van der Waals surface area contributed by atoms with Gasteiger partial charge in [-0.15, -0.1) is 0 Å². The fourth-order valence-corrected chi connectivity index (χ4v) is 2.50. The number of methoxy groups -OCH3 is 1. The average Bonchev–Trinajstić information content (AvgIpc) is 2.42. The summed E-state index contributed by atoms with van der Waals surface area (Å²) in [4.78, 5) is 4.78. The summed E-state index contributed by atoms with van der Waals surface area (Å²) in [6, 6.07) is 4.72. The number of rotatable bonds is 5. The van der Waals surface area contributed by atoms with Gasteiger partial charge in [-0.2, -0.15) is 0 Å². The highest BCUT2D eigenvalue weighted by molar-refractivity contribution is 5.33. The van der Waals surface area contributed by atoms with Gasteiger partial charge < -0.3 is 9.64 Å². The van der Waals surface area contributed by atoms with Crippen LogP contribution in [0, 0.1) is 12.2 Å². The van der Waals surface area contributed by atoms with Gasteiger partial charge in [-0.3, -0.25) is 4.90 Å². The van der Waals surface area contributed by atoms with E-state index < -0.39 is 0 Å². The molecule has 2 rings (SSSR count). The van der Waals surface area contributed by atoms with Crippen LogP contribution >= 0.6 is 0 Å². The van der Waals surface area contributed by atoms with Gasteiger partial charge in [-0.25, -0.2) is 4.39 Å². The van der Waals surface area contributed by atoms with Crippen molar-refractivity contribution in [1.82, 2.24) is 9.80 Å². The monoisotopic (exact) mass is 265 g/mol. The van der Waals surface area contributed by atoms with E-state index in [0.717, 1.165) is 50.6 Å². The quantitative estimate of drug-likeness (QED) is 0.811. The van der Waals surface area contributed by atoms with Gasteiger partial charge in [0.25, 0.3) is 0 Å². The van der Waals surface area contributed by atoms with Crippen molar-refractivity contribution in [3.63, 3.8) is 0 Å². The Bertz CT molecular complexity index is 403. The van der Waals surface area contributed by atoms with Gasteiger partial charge >= 0.3 is 0 Å². The fourth-order valence-electron chi connectivity index (χ4n) is 2.50. The van der Waals surface area contributed by atoms with E-state index >= 15 is 0 Å². The molecule has 1 aliphatic heterocycles.